The number of benzene rings is 2. The Kier molecular flexibility index (Phi) is 7.05. The van der Waals surface area contributed by atoms with Gasteiger partial charge >= 0.3 is 5.97 Å². The van der Waals surface area contributed by atoms with E-state index in [0.717, 1.165) is 41.8 Å². The minimum Gasteiger partial charge on any atom is -0.508 e. The summed E-state index contributed by atoms with van der Waals surface area (Å²) >= 11 is 0. The monoisotopic (exact) mass is 367 g/mol. The highest BCUT2D eigenvalue weighted by Gasteiger charge is 2.30. The van der Waals surface area contributed by atoms with Crippen molar-refractivity contribution in [3.05, 3.63) is 66.2 Å². The third-order valence-electron chi connectivity index (χ3n) is 5.33. The van der Waals surface area contributed by atoms with E-state index in [0.29, 0.717) is 12.2 Å². The van der Waals surface area contributed by atoms with E-state index in [1.54, 1.807) is 6.07 Å². The average molecular weight is 367 g/mol. The van der Waals surface area contributed by atoms with Crippen molar-refractivity contribution in [2.24, 2.45) is 0 Å². The molecule has 0 fully saturated rings. The number of carboxylic acid groups (broad SMARTS) is 1. The topological polar surface area (TPSA) is 69.6 Å². The van der Waals surface area contributed by atoms with Gasteiger partial charge in [0.1, 0.15) is 5.75 Å². The lowest BCUT2D eigenvalue weighted by molar-refractivity contribution is -0.136. The fraction of sp³-hybridized carbons (Fsp3) is 0.348. The summed E-state index contributed by atoms with van der Waals surface area (Å²) in [5.41, 5.74) is 3.65. The van der Waals surface area contributed by atoms with Crippen molar-refractivity contribution in [1.82, 2.24) is 0 Å². The van der Waals surface area contributed by atoms with Crippen molar-refractivity contribution in [3.8, 4) is 5.75 Å². The molecule has 0 aliphatic rings. The number of phenolic OH excluding ortho intramolecular Hbond substituents is 1. The summed E-state index contributed by atoms with van der Waals surface area (Å²) in [4.78, 5) is 10.7. The molecule has 0 atom stereocenters. The lowest BCUT2D eigenvalue weighted by Gasteiger charge is -2.32. The zero-order valence-corrected chi connectivity index (χ0v) is 16.2. The Bertz CT molecular complexity index is 777. The number of phenols is 1. The number of rotatable bonds is 10. The van der Waals surface area contributed by atoms with Crippen molar-refractivity contribution in [2.75, 3.05) is 5.32 Å². The summed E-state index contributed by atoms with van der Waals surface area (Å²) in [5.74, 6) is -0.473. The summed E-state index contributed by atoms with van der Waals surface area (Å²) in [6.45, 7) is 8.17. The molecule has 0 saturated heterocycles. The van der Waals surface area contributed by atoms with Gasteiger partial charge in [0.15, 0.2) is 0 Å². The third kappa shape index (κ3) is 5.13. The van der Waals surface area contributed by atoms with Crippen LogP contribution >= 0.6 is 0 Å². The average Bonchev–Trinajstić information content (AvgIpc) is 2.67. The van der Waals surface area contributed by atoms with Gasteiger partial charge in [-0.05, 0) is 61.6 Å². The minimum absolute atomic E-state index is 0.121. The molecule has 2 rings (SSSR count). The van der Waals surface area contributed by atoms with Crippen molar-refractivity contribution in [3.63, 3.8) is 0 Å². The van der Waals surface area contributed by atoms with Gasteiger partial charge in [-0.2, -0.15) is 0 Å². The molecule has 0 spiro atoms. The highest BCUT2D eigenvalue weighted by Crippen LogP contribution is 2.41. The number of hydrogen-bond donors (Lipinski definition) is 3. The van der Waals surface area contributed by atoms with Crippen LogP contribution < -0.4 is 5.32 Å². The summed E-state index contributed by atoms with van der Waals surface area (Å²) in [5, 5.41) is 22.6. The summed E-state index contributed by atoms with van der Waals surface area (Å²) in [6, 6.07) is 13.4. The quantitative estimate of drug-likeness (QED) is 0.367. The van der Waals surface area contributed by atoms with Crippen molar-refractivity contribution >= 4 is 17.3 Å². The van der Waals surface area contributed by atoms with Gasteiger partial charge in [-0.15, -0.1) is 6.58 Å². The molecule has 0 heterocycles. The Morgan fingerprint density at radius 1 is 1.11 bits per heavy atom. The maximum atomic E-state index is 10.7. The SMILES string of the molecule is C=CCC(CC)(CC)c1cc(Nc2ccc(CCC(=O)O)cc2)ccc1O. The molecule has 144 valence electrons. The van der Waals surface area contributed by atoms with E-state index in [9.17, 15) is 9.90 Å². The largest absolute Gasteiger partial charge is 0.508 e. The fourth-order valence-electron chi connectivity index (χ4n) is 3.52. The minimum atomic E-state index is -0.788. The van der Waals surface area contributed by atoms with E-state index in [4.69, 9.17) is 5.11 Å². The number of anilines is 2. The first kappa shape index (κ1) is 20.6. The number of aliphatic carboxylic acids is 1. The Hall–Kier alpha value is -2.75. The van der Waals surface area contributed by atoms with E-state index < -0.39 is 5.97 Å². The van der Waals surface area contributed by atoms with Crippen LogP contribution in [0.25, 0.3) is 0 Å². The van der Waals surface area contributed by atoms with Crippen LogP contribution in [0.3, 0.4) is 0 Å². The van der Waals surface area contributed by atoms with Gasteiger partial charge in [0.25, 0.3) is 0 Å². The molecule has 4 nitrogen and oxygen atoms in total. The highest BCUT2D eigenvalue weighted by molar-refractivity contribution is 5.67. The van der Waals surface area contributed by atoms with Crippen molar-refractivity contribution in [1.29, 1.82) is 0 Å². The predicted molar refractivity (Wildman–Crippen MR) is 111 cm³/mol. The molecular formula is C23H29NO3. The van der Waals surface area contributed by atoms with Gasteiger partial charge in [0, 0.05) is 28.8 Å². The smallest absolute Gasteiger partial charge is 0.303 e. The first-order valence-corrected chi connectivity index (χ1v) is 9.46. The van der Waals surface area contributed by atoms with Gasteiger partial charge < -0.3 is 15.5 Å². The van der Waals surface area contributed by atoms with Crippen LogP contribution in [0, 0.1) is 0 Å². The number of carboxylic acids is 1. The van der Waals surface area contributed by atoms with Crippen molar-refractivity contribution < 1.29 is 15.0 Å². The first-order chi connectivity index (χ1) is 12.9. The van der Waals surface area contributed by atoms with Crippen LogP contribution in [0.4, 0.5) is 11.4 Å². The maximum Gasteiger partial charge on any atom is 0.303 e. The van der Waals surface area contributed by atoms with Crippen molar-refractivity contribution in [2.45, 2.75) is 51.4 Å². The molecule has 2 aromatic rings. The number of aryl methyl sites for hydroxylation is 1. The summed E-state index contributed by atoms with van der Waals surface area (Å²) in [7, 11) is 0. The number of aromatic hydroxyl groups is 1. The third-order valence-corrected chi connectivity index (χ3v) is 5.33. The van der Waals surface area contributed by atoms with E-state index in [-0.39, 0.29) is 11.8 Å². The predicted octanol–water partition coefficient (Wildman–Crippen LogP) is 5.79. The van der Waals surface area contributed by atoms with Gasteiger partial charge in [-0.3, -0.25) is 4.79 Å². The Labute approximate surface area is 161 Å². The molecule has 0 radical (unpaired) electrons. The van der Waals surface area contributed by atoms with E-state index in [1.165, 1.54) is 0 Å². The molecular weight excluding hydrogens is 338 g/mol. The van der Waals surface area contributed by atoms with Gasteiger partial charge in [0.05, 0.1) is 0 Å². The Balaban J connectivity index is 2.22. The fourth-order valence-corrected chi connectivity index (χ4v) is 3.52. The molecule has 4 heteroatoms. The van der Waals surface area contributed by atoms with Gasteiger partial charge in [-0.25, -0.2) is 0 Å². The van der Waals surface area contributed by atoms with Crippen LogP contribution in [0.2, 0.25) is 0 Å². The second-order valence-corrected chi connectivity index (χ2v) is 6.93. The van der Waals surface area contributed by atoms with Gasteiger partial charge in [0.2, 0.25) is 0 Å². The van der Waals surface area contributed by atoms with Crippen LogP contribution in [0.15, 0.2) is 55.1 Å². The van der Waals surface area contributed by atoms with Crippen LogP contribution in [0.5, 0.6) is 5.75 Å². The lowest BCUT2D eigenvalue weighted by atomic mass is 9.73. The maximum absolute atomic E-state index is 10.7. The summed E-state index contributed by atoms with van der Waals surface area (Å²) in [6.07, 6.45) is 5.23. The standard InChI is InChI=1S/C23H29NO3/c1-4-15-23(5-2,6-3)20-16-19(12-13-21(20)25)24-18-10-7-17(8-11-18)9-14-22(26)27/h4,7-8,10-13,16,24-25H,1,5-6,9,14-15H2,2-3H3,(H,26,27). The zero-order valence-electron chi connectivity index (χ0n) is 16.2. The molecule has 3 N–H and O–H groups in total. The van der Waals surface area contributed by atoms with Crippen LogP contribution in [0.1, 0.15) is 50.7 Å². The first-order valence-electron chi connectivity index (χ1n) is 9.46. The molecule has 0 bridgehead atoms. The van der Waals surface area contributed by atoms with E-state index in [2.05, 4.69) is 25.7 Å². The normalized spacial score (nSPS) is 11.2. The number of carbonyl (C=O) groups is 1. The summed E-state index contributed by atoms with van der Waals surface area (Å²) < 4.78 is 0. The second-order valence-electron chi connectivity index (χ2n) is 6.93. The van der Waals surface area contributed by atoms with Gasteiger partial charge in [-0.1, -0.05) is 32.1 Å². The Morgan fingerprint density at radius 3 is 2.30 bits per heavy atom. The zero-order chi connectivity index (χ0) is 19.9. The molecule has 0 aromatic heterocycles. The molecule has 0 unspecified atom stereocenters. The molecule has 27 heavy (non-hydrogen) atoms. The Morgan fingerprint density at radius 2 is 1.74 bits per heavy atom. The molecule has 0 aliphatic carbocycles. The number of hydrogen-bond acceptors (Lipinski definition) is 3. The van der Waals surface area contributed by atoms with Crippen LogP contribution in [-0.2, 0) is 16.6 Å². The molecule has 0 aliphatic heterocycles. The second kappa shape index (κ2) is 9.26. The molecule has 2 aromatic carbocycles. The lowest BCUT2D eigenvalue weighted by Crippen LogP contribution is -2.23. The number of nitrogens with one attached hydrogen (secondary N) is 1. The highest BCUT2D eigenvalue weighted by atomic mass is 16.4. The molecule has 0 amide bonds. The molecule has 0 saturated carbocycles. The van der Waals surface area contributed by atoms with E-state index in [1.807, 2.05) is 42.5 Å². The number of allylic oxidation sites excluding steroid dienone is 1. The van der Waals surface area contributed by atoms with E-state index >= 15 is 0 Å². The van der Waals surface area contributed by atoms with Crippen LogP contribution in [-0.4, -0.2) is 16.2 Å².